The molecule has 152 valence electrons. The van der Waals surface area contributed by atoms with E-state index in [-0.39, 0.29) is 0 Å². The van der Waals surface area contributed by atoms with Crippen LogP contribution in [-0.4, -0.2) is 32.8 Å². The Morgan fingerprint density at radius 1 is 1.29 bits per heavy atom. The number of thiocarbonyl (C=S) groups is 1. The van der Waals surface area contributed by atoms with Crippen molar-refractivity contribution in [3.8, 4) is 11.5 Å². The molecule has 2 aromatic rings. The maximum absolute atomic E-state index is 5.95. The third-order valence-electron chi connectivity index (χ3n) is 5.20. The van der Waals surface area contributed by atoms with Crippen molar-refractivity contribution < 1.29 is 4.42 Å². The summed E-state index contributed by atoms with van der Waals surface area (Å²) >= 11 is 11.6. The number of unbranched alkanes of at least 4 members (excludes halogenated alkanes) is 1. The molecule has 0 amide bonds. The van der Waals surface area contributed by atoms with Crippen molar-refractivity contribution in [3.05, 3.63) is 35.2 Å². The molecule has 3 rings (SSSR count). The lowest BCUT2D eigenvalue weighted by Crippen LogP contribution is -2.42. The molecule has 0 bridgehead atoms. The van der Waals surface area contributed by atoms with Crippen LogP contribution in [0.5, 0.6) is 0 Å². The van der Waals surface area contributed by atoms with Crippen molar-refractivity contribution >= 4 is 28.9 Å². The van der Waals surface area contributed by atoms with Crippen molar-refractivity contribution in [2.45, 2.75) is 65.0 Å². The SMILES string of the molecule is CCCC[C@H](CC)CNC(=S)N(Cc1nnc(-c2ccc(Cl)cc2)o1)C1CC1. The molecule has 1 N–H and O–H groups in total. The van der Waals surface area contributed by atoms with Gasteiger partial charge in [-0.25, -0.2) is 0 Å². The first kappa shape index (κ1) is 21.1. The number of benzene rings is 1. The molecule has 0 unspecified atom stereocenters. The maximum atomic E-state index is 5.95. The highest BCUT2D eigenvalue weighted by molar-refractivity contribution is 7.80. The third kappa shape index (κ3) is 5.92. The van der Waals surface area contributed by atoms with Gasteiger partial charge < -0.3 is 14.6 Å². The zero-order chi connectivity index (χ0) is 19.9. The van der Waals surface area contributed by atoms with Crippen LogP contribution in [0.25, 0.3) is 11.5 Å². The van der Waals surface area contributed by atoms with Gasteiger partial charge >= 0.3 is 0 Å². The van der Waals surface area contributed by atoms with E-state index in [1.807, 2.05) is 24.3 Å². The van der Waals surface area contributed by atoms with Crippen molar-refractivity contribution in [2.75, 3.05) is 6.54 Å². The predicted octanol–water partition coefficient (Wildman–Crippen LogP) is 5.45. The minimum atomic E-state index is 0.474. The molecule has 1 saturated carbocycles. The summed E-state index contributed by atoms with van der Waals surface area (Å²) in [6, 6.07) is 7.87. The highest BCUT2D eigenvalue weighted by Crippen LogP contribution is 2.29. The number of rotatable bonds is 10. The predicted molar refractivity (Wildman–Crippen MR) is 117 cm³/mol. The Bertz CT molecular complexity index is 760. The Kier molecular flexibility index (Phi) is 7.68. The first-order chi connectivity index (χ1) is 13.6. The fraction of sp³-hybridized carbons (Fsp3) is 0.571. The molecule has 0 radical (unpaired) electrons. The monoisotopic (exact) mass is 420 g/mol. The zero-order valence-corrected chi connectivity index (χ0v) is 18.2. The molecule has 1 atom stereocenters. The highest BCUT2D eigenvalue weighted by Gasteiger charge is 2.32. The van der Waals surface area contributed by atoms with Crippen LogP contribution in [0, 0.1) is 5.92 Å². The topological polar surface area (TPSA) is 54.2 Å². The quantitative estimate of drug-likeness (QED) is 0.516. The lowest BCUT2D eigenvalue weighted by atomic mass is 9.99. The van der Waals surface area contributed by atoms with Gasteiger partial charge in [0.05, 0.1) is 6.54 Å². The van der Waals surface area contributed by atoms with Crippen LogP contribution in [0.3, 0.4) is 0 Å². The number of nitrogens with one attached hydrogen (secondary N) is 1. The van der Waals surface area contributed by atoms with E-state index in [0.717, 1.165) is 30.1 Å². The summed E-state index contributed by atoms with van der Waals surface area (Å²) in [6.07, 6.45) is 7.25. The van der Waals surface area contributed by atoms with E-state index < -0.39 is 0 Å². The van der Waals surface area contributed by atoms with Gasteiger partial charge in [-0.05, 0) is 61.7 Å². The summed E-state index contributed by atoms with van der Waals surface area (Å²) in [4.78, 5) is 2.20. The fourth-order valence-corrected chi connectivity index (χ4v) is 3.62. The summed E-state index contributed by atoms with van der Waals surface area (Å²) in [7, 11) is 0. The van der Waals surface area contributed by atoms with E-state index in [0.29, 0.717) is 35.3 Å². The summed E-state index contributed by atoms with van der Waals surface area (Å²) in [5, 5.41) is 13.4. The molecule has 1 aromatic heterocycles. The van der Waals surface area contributed by atoms with Crippen molar-refractivity contribution in [1.29, 1.82) is 0 Å². The first-order valence-corrected chi connectivity index (χ1v) is 11.0. The molecular formula is C21H29ClN4OS. The second-order valence-corrected chi connectivity index (χ2v) is 8.29. The second-order valence-electron chi connectivity index (χ2n) is 7.47. The minimum Gasteiger partial charge on any atom is -0.419 e. The van der Waals surface area contributed by atoms with Gasteiger partial charge in [0, 0.05) is 23.2 Å². The smallest absolute Gasteiger partial charge is 0.247 e. The van der Waals surface area contributed by atoms with E-state index in [1.165, 1.54) is 25.7 Å². The highest BCUT2D eigenvalue weighted by atomic mass is 35.5. The molecule has 1 heterocycles. The molecule has 28 heavy (non-hydrogen) atoms. The average molecular weight is 421 g/mol. The van der Waals surface area contributed by atoms with Gasteiger partial charge in [0.2, 0.25) is 11.8 Å². The van der Waals surface area contributed by atoms with E-state index in [2.05, 4.69) is 34.3 Å². The molecule has 0 saturated heterocycles. The van der Waals surface area contributed by atoms with Gasteiger partial charge in [0.15, 0.2) is 5.11 Å². The summed E-state index contributed by atoms with van der Waals surface area (Å²) in [5.74, 6) is 1.75. The normalized spacial score (nSPS) is 14.7. The van der Waals surface area contributed by atoms with Crippen LogP contribution in [-0.2, 0) is 6.54 Å². The van der Waals surface area contributed by atoms with Crippen LogP contribution in [0.4, 0.5) is 0 Å². The molecule has 0 spiro atoms. The molecule has 7 heteroatoms. The minimum absolute atomic E-state index is 0.474. The van der Waals surface area contributed by atoms with Gasteiger partial charge in [-0.3, -0.25) is 0 Å². The van der Waals surface area contributed by atoms with Crippen LogP contribution < -0.4 is 5.32 Å². The Balaban J connectivity index is 1.59. The van der Waals surface area contributed by atoms with Crippen LogP contribution in [0.2, 0.25) is 5.02 Å². The van der Waals surface area contributed by atoms with Crippen molar-refractivity contribution in [3.63, 3.8) is 0 Å². The van der Waals surface area contributed by atoms with Gasteiger partial charge in [0.25, 0.3) is 0 Å². The van der Waals surface area contributed by atoms with E-state index in [4.69, 9.17) is 28.2 Å². The number of hydrogen-bond acceptors (Lipinski definition) is 4. The van der Waals surface area contributed by atoms with E-state index >= 15 is 0 Å². The largest absolute Gasteiger partial charge is 0.419 e. The maximum Gasteiger partial charge on any atom is 0.247 e. The lowest BCUT2D eigenvalue weighted by molar-refractivity contribution is 0.338. The molecular weight excluding hydrogens is 392 g/mol. The third-order valence-corrected chi connectivity index (χ3v) is 5.83. The molecule has 1 aliphatic carbocycles. The fourth-order valence-electron chi connectivity index (χ4n) is 3.20. The van der Waals surface area contributed by atoms with Gasteiger partial charge in [0.1, 0.15) is 0 Å². The zero-order valence-electron chi connectivity index (χ0n) is 16.7. The molecule has 1 aromatic carbocycles. The van der Waals surface area contributed by atoms with E-state index in [9.17, 15) is 0 Å². The summed E-state index contributed by atoms with van der Waals surface area (Å²) < 4.78 is 5.87. The molecule has 1 fully saturated rings. The molecule has 1 aliphatic rings. The summed E-state index contributed by atoms with van der Waals surface area (Å²) in [5.41, 5.74) is 0.864. The molecule has 5 nitrogen and oxygen atoms in total. The number of halogens is 1. The Labute approximate surface area is 177 Å². The van der Waals surface area contributed by atoms with Crippen LogP contribution in [0.1, 0.15) is 58.3 Å². The first-order valence-electron chi connectivity index (χ1n) is 10.2. The Hall–Kier alpha value is -1.66. The summed E-state index contributed by atoms with van der Waals surface area (Å²) in [6.45, 7) is 5.96. The average Bonchev–Trinajstić information content (AvgIpc) is 3.44. The van der Waals surface area contributed by atoms with E-state index in [1.54, 1.807) is 0 Å². The van der Waals surface area contributed by atoms with Gasteiger partial charge in [-0.2, -0.15) is 0 Å². The lowest BCUT2D eigenvalue weighted by Gasteiger charge is -2.26. The second kappa shape index (κ2) is 10.2. The van der Waals surface area contributed by atoms with Crippen molar-refractivity contribution in [1.82, 2.24) is 20.4 Å². The molecule has 0 aliphatic heterocycles. The Morgan fingerprint density at radius 3 is 2.68 bits per heavy atom. The number of aromatic nitrogens is 2. The Morgan fingerprint density at radius 2 is 2.04 bits per heavy atom. The van der Waals surface area contributed by atoms with Crippen LogP contribution >= 0.6 is 23.8 Å². The van der Waals surface area contributed by atoms with Gasteiger partial charge in [-0.1, -0.05) is 44.7 Å². The van der Waals surface area contributed by atoms with Crippen molar-refractivity contribution in [2.24, 2.45) is 5.92 Å². The standard InChI is InChI=1S/C21H29ClN4OS/c1-3-5-6-15(4-2)13-23-21(28)26(18-11-12-18)14-19-24-25-20(27-19)16-7-9-17(22)10-8-16/h7-10,15,18H,3-6,11-14H2,1-2H3,(H,23,28)/t15-/m0/s1. The number of nitrogens with zero attached hydrogens (tertiary/aromatic N) is 3. The van der Waals surface area contributed by atoms with Gasteiger partial charge in [-0.15, -0.1) is 10.2 Å². The van der Waals surface area contributed by atoms with Crippen LogP contribution in [0.15, 0.2) is 28.7 Å². The number of hydrogen-bond donors (Lipinski definition) is 1.